The molecular formula is C40H36F3N5O5S. The van der Waals surface area contributed by atoms with Crippen LogP contribution in [0.15, 0.2) is 78.9 Å². The summed E-state index contributed by atoms with van der Waals surface area (Å²) in [7, 11) is 1.56. The van der Waals surface area contributed by atoms with Gasteiger partial charge in [-0.3, -0.25) is 14.5 Å². The van der Waals surface area contributed by atoms with Crippen LogP contribution >= 0.6 is 11.3 Å². The highest BCUT2D eigenvalue weighted by molar-refractivity contribution is 7.14. The standard InChI is InChI=1S/C40H36F3N5O5S/c1-52-31-15-13-30(14-16-31)48-37-32(17-21-47(38(37)50)29-11-9-28(10-12-29)46-19-3-2-4-34(46)49)36(44-48)39(51)53-35-22-26-24-45(20-18-33(26)54-35)23-25-5-7-27(8-6-25)40(41,42)43/h5-16,22H,2-4,17-21,23-24H2,1H3. The number of anilines is 2. The minimum Gasteiger partial charge on any atom is -0.497 e. The van der Waals surface area contributed by atoms with Crippen molar-refractivity contribution in [2.45, 2.75) is 51.4 Å². The molecule has 0 radical (unpaired) electrons. The van der Waals surface area contributed by atoms with Gasteiger partial charge in [0.2, 0.25) is 5.91 Å². The summed E-state index contributed by atoms with van der Waals surface area (Å²) >= 11 is 1.38. The maximum Gasteiger partial charge on any atom is 0.416 e. The fraction of sp³-hybridized carbons (Fsp3) is 0.300. The molecule has 5 heterocycles. The van der Waals surface area contributed by atoms with E-state index >= 15 is 0 Å². The van der Waals surface area contributed by atoms with Crippen LogP contribution in [0, 0.1) is 0 Å². The molecule has 8 rings (SSSR count). The van der Waals surface area contributed by atoms with Crippen molar-refractivity contribution in [2.24, 2.45) is 0 Å². The van der Waals surface area contributed by atoms with E-state index in [-0.39, 0.29) is 23.2 Å². The monoisotopic (exact) mass is 755 g/mol. The van der Waals surface area contributed by atoms with Crippen LogP contribution in [0.5, 0.6) is 10.8 Å². The van der Waals surface area contributed by atoms with Crippen molar-refractivity contribution < 1.29 is 37.0 Å². The molecule has 0 bridgehead atoms. The predicted molar refractivity (Wildman–Crippen MR) is 197 cm³/mol. The van der Waals surface area contributed by atoms with Crippen molar-refractivity contribution in [3.8, 4) is 16.5 Å². The van der Waals surface area contributed by atoms with Gasteiger partial charge in [-0.25, -0.2) is 9.48 Å². The number of carbonyl (C=O) groups is 3. The van der Waals surface area contributed by atoms with Crippen LogP contribution in [0.4, 0.5) is 24.5 Å². The highest BCUT2D eigenvalue weighted by atomic mass is 32.1. The number of ether oxygens (including phenoxy) is 2. The highest BCUT2D eigenvalue weighted by Gasteiger charge is 2.36. The zero-order valence-electron chi connectivity index (χ0n) is 29.4. The van der Waals surface area contributed by atoms with Gasteiger partial charge in [-0.1, -0.05) is 12.1 Å². The molecule has 278 valence electrons. The van der Waals surface area contributed by atoms with Gasteiger partial charge in [0, 0.05) is 61.0 Å². The van der Waals surface area contributed by atoms with Crippen LogP contribution in [0.3, 0.4) is 0 Å². The number of methoxy groups -OCH3 is 1. The number of hydrogen-bond donors (Lipinski definition) is 0. The summed E-state index contributed by atoms with van der Waals surface area (Å²) in [5, 5.41) is 5.08. The first-order chi connectivity index (χ1) is 26.1. The summed E-state index contributed by atoms with van der Waals surface area (Å²) in [5.41, 5.74) is 3.95. The van der Waals surface area contributed by atoms with E-state index in [1.165, 1.54) is 28.2 Å². The smallest absolute Gasteiger partial charge is 0.416 e. The number of aromatic nitrogens is 2. The van der Waals surface area contributed by atoms with Gasteiger partial charge in [0.05, 0.1) is 18.4 Å². The molecule has 0 N–H and O–H groups in total. The Bertz CT molecular complexity index is 2210. The summed E-state index contributed by atoms with van der Waals surface area (Å²) in [6, 6.07) is 21.5. The van der Waals surface area contributed by atoms with E-state index in [9.17, 15) is 27.6 Å². The number of hydrogen-bond acceptors (Lipinski definition) is 8. The molecule has 14 heteroatoms. The number of fused-ring (bicyclic) bond motifs is 2. The van der Waals surface area contributed by atoms with Gasteiger partial charge in [-0.2, -0.15) is 18.3 Å². The number of rotatable bonds is 8. The van der Waals surface area contributed by atoms with Crippen molar-refractivity contribution in [1.29, 1.82) is 0 Å². The number of alkyl halides is 3. The summed E-state index contributed by atoms with van der Waals surface area (Å²) in [6.45, 7) is 2.74. The Morgan fingerprint density at radius 3 is 2.22 bits per heavy atom. The molecule has 1 fully saturated rings. The molecule has 3 aliphatic rings. The second-order valence-corrected chi connectivity index (χ2v) is 14.7. The maximum absolute atomic E-state index is 14.3. The zero-order chi connectivity index (χ0) is 37.6. The first-order valence-corrected chi connectivity index (χ1v) is 18.6. The Labute approximate surface area is 313 Å². The molecule has 0 atom stereocenters. The summed E-state index contributed by atoms with van der Waals surface area (Å²) < 4.78 is 51.8. The predicted octanol–water partition coefficient (Wildman–Crippen LogP) is 7.46. The minimum atomic E-state index is -4.38. The lowest BCUT2D eigenvalue weighted by Crippen LogP contribution is -2.39. The van der Waals surface area contributed by atoms with Gasteiger partial charge < -0.3 is 19.3 Å². The van der Waals surface area contributed by atoms with Crippen molar-refractivity contribution in [2.75, 3.05) is 36.5 Å². The largest absolute Gasteiger partial charge is 0.497 e. The van der Waals surface area contributed by atoms with Gasteiger partial charge in [0.1, 0.15) is 11.4 Å². The quantitative estimate of drug-likeness (QED) is 0.152. The molecule has 0 unspecified atom stereocenters. The third kappa shape index (κ3) is 6.98. The lowest BCUT2D eigenvalue weighted by molar-refractivity contribution is -0.137. The Morgan fingerprint density at radius 1 is 0.833 bits per heavy atom. The summed E-state index contributed by atoms with van der Waals surface area (Å²) in [5.74, 6) is -0.272. The summed E-state index contributed by atoms with van der Waals surface area (Å²) in [4.78, 5) is 47.3. The van der Waals surface area contributed by atoms with Crippen molar-refractivity contribution in [3.05, 3.63) is 117 Å². The van der Waals surface area contributed by atoms with E-state index in [1.54, 1.807) is 41.2 Å². The third-order valence-corrected chi connectivity index (χ3v) is 11.2. The number of carbonyl (C=O) groups excluding carboxylic acids is 3. The first kappa shape index (κ1) is 35.6. The second kappa shape index (κ2) is 14.4. The van der Waals surface area contributed by atoms with Gasteiger partial charge in [-0.15, -0.1) is 11.3 Å². The molecule has 0 spiro atoms. The van der Waals surface area contributed by atoms with Gasteiger partial charge in [-0.05, 0) is 104 Å². The Balaban J connectivity index is 1.02. The van der Waals surface area contributed by atoms with Gasteiger partial charge in [0.25, 0.3) is 5.91 Å². The molecule has 5 aromatic rings. The fourth-order valence-electron chi connectivity index (χ4n) is 7.32. The second-order valence-electron chi connectivity index (χ2n) is 13.6. The van der Waals surface area contributed by atoms with E-state index in [0.717, 1.165) is 46.7 Å². The number of thiophene rings is 1. The number of halogens is 3. The van der Waals surface area contributed by atoms with Crippen LogP contribution in [0.1, 0.15) is 67.4 Å². The van der Waals surface area contributed by atoms with Crippen molar-refractivity contribution in [3.63, 3.8) is 0 Å². The van der Waals surface area contributed by atoms with E-state index in [2.05, 4.69) is 10.00 Å². The van der Waals surface area contributed by atoms with E-state index < -0.39 is 17.7 Å². The van der Waals surface area contributed by atoms with E-state index in [1.807, 2.05) is 30.3 Å². The average Bonchev–Trinajstić information content (AvgIpc) is 3.77. The first-order valence-electron chi connectivity index (χ1n) is 17.8. The lowest BCUT2D eigenvalue weighted by Gasteiger charge is -2.29. The SMILES string of the molecule is COc1ccc(-n2nc(C(=O)Oc3cc4c(s3)CCN(Cc3ccc(C(F)(F)F)cc3)C4)c3c2C(=O)N(c2ccc(N4CCCCC4=O)cc2)CC3)cc1. The number of piperidine rings is 1. The number of benzene rings is 3. The average molecular weight is 756 g/mol. The summed E-state index contributed by atoms with van der Waals surface area (Å²) in [6.07, 6.45) is -0.954. The molecular weight excluding hydrogens is 720 g/mol. The molecule has 54 heavy (non-hydrogen) atoms. The topological polar surface area (TPSA) is 97.2 Å². The van der Waals surface area contributed by atoms with Crippen molar-refractivity contribution in [1.82, 2.24) is 14.7 Å². The van der Waals surface area contributed by atoms with E-state index in [0.29, 0.717) is 79.7 Å². The molecule has 1 saturated heterocycles. The molecule has 2 amide bonds. The highest BCUT2D eigenvalue weighted by Crippen LogP contribution is 2.36. The number of amides is 2. The molecule has 2 aromatic heterocycles. The van der Waals surface area contributed by atoms with Crippen LogP contribution < -0.4 is 19.3 Å². The Hall–Kier alpha value is -5.47. The van der Waals surface area contributed by atoms with Gasteiger partial charge in [0.15, 0.2) is 10.8 Å². The number of nitrogens with zero attached hydrogens (tertiary/aromatic N) is 5. The molecule has 10 nitrogen and oxygen atoms in total. The van der Waals surface area contributed by atoms with Crippen molar-refractivity contribution >= 4 is 40.5 Å². The zero-order valence-corrected chi connectivity index (χ0v) is 30.2. The van der Waals surface area contributed by atoms with Crippen LogP contribution in [-0.4, -0.2) is 59.2 Å². The fourth-order valence-corrected chi connectivity index (χ4v) is 8.33. The number of esters is 1. The van der Waals surface area contributed by atoms with Crippen LogP contribution in [-0.2, 0) is 36.9 Å². The lowest BCUT2D eigenvalue weighted by atomic mass is 10.0. The Kier molecular flexibility index (Phi) is 9.48. The van der Waals surface area contributed by atoms with E-state index in [4.69, 9.17) is 9.47 Å². The van der Waals surface area contributed by atoms with Crippen LogP contribution in [0.25, 0.3) is 5.69 Å². The molecule has 3 aromatic carbocycles. The minimum absolute atomic E-state index is 0.0584. The molecule has 0 saturated carbocycles. The third-order valence-electron chi connectivity index (χ3n) is 10.1. The molecule has 0 aliphatic carbocycles. The van der Waals surface area contributed by atoms with Gasteiger partial charge >= 0.3 is 12.1 Å². The normalized spacial score (nSPS) is 16.3. The maximum atomic E-state index is 14.3. The van der Waals surface area contributed by atoms with Crippen LogP contribution in [0.2, 0.25) is 0 Å². The molecule has 3 aliphatic heterocycles. The Morgan fingerprint density at radius 2 is 1.54 bits per heavy atom.